The molecule has 0 radical (unpaired) electrons. The van der Waals surface area contributed by atoms with Crippen LogP contribution >= 0.6 is 0 Å². The van der Waals surface area contributed by atoms with Gasteiger partial charge in [-0.3, -0.25) is 4.90 Å². The molecule has 0 saturated heterocycles. The van der Waals surface area contributed by atoms with Crippen molar-refractivity contribution in [2.45, 2.75) is 26.6 Å². The number of aryl methyl sites for hydroxylation is 1. The second kappa shape index (κ2) is 3.59. The fourth-order valence-corrected chi connectivity index (χ4v) is 2.96. The number of hydrogen-bond acceptors (Lipinski definition) is 2. The fraction of sp³-hybridized carbons (Fsp3) is 0.429. The topological polar surface area (TPSA) is 34.2 Å². The van der Waals surface area contributed by atoms with Crippen LogP contribution < -0.4 is 5.73 Å². The summed E-state index contributed by atoms with van der Waals surface area (Å²) in [6.07, 6.45) is 0. The van der Waals surface area contributed by atoms with Crippen LogP contribution in [0.1, 0.15) is 22.4 Å². The third-order valence-corrected chi connectivity index (χ3v) is 4.03. The molecular formula is C14H19N3. The van der Waals surface area contributed by atoms with Gasteiger partial charge in [0.2, 0.25) is 0 Å². The molecule has 2 heterocycles. The van der Waals surface area contributed by atoms with E-state index in [9.17, 15) is 0 Å². The number of fused-ring (bicyclic) bond motifs is 2. The zero-order chi connectivity index (χ0) is 12.2. The van der Waals surface area contributed by atoms with Crippen molar-refractivity contribution in [3.8, 4) is 0 Å². The number of rotatable bonds is 1. The van der Waals surface area contributed by atoms with Crippen LogP contribution in [0, 0.1) is 6.92 Å². The normalized spacial score (nSPS) is 15.8. The van der Waals surface area contributed by atoms with Crippen LogP contribution in [0.4, 0.5) is 0 Å². The van der Waals surface area contributed by atoms with Crippen LogP contribution in [0.5, 0.6) is 0 Å². The van der Waals surface area contributed by atoms with E-state index in [4.69, 9.17) is 5.73 Å². The minimum absolute atomic E-state index is 0.623. The van der Waals surface area contributed by atoms with Crippen molar-refractivity contribution in [2.24, 2.45) is 12.8 Å². The Morgan fingerprint density at radius 2 is 1.82 bits per heavy atom. The molecule has 17 heavy (non-hydrogen) atoms. The van der Waals surface area contributed by atoms with Gasteiger partial charge in [0.15, 0.2) is 0 Å². The first-order valence-electron chi connectivity index (χ1n) is 6.10. The van der Waals surface area contributed by atoms with E-state index in [2.05, 4.69) is 42.6 Å². The summed E-state index contributed by atoms with van der Waals surface area (Å²) in [5, 5.41) is 1.33. The van der Waals surface area contributed by atoms with Crippen LogP contribution in [-0.2, 0) is 26.7 Å². The standard InChI is InChI=1S/C14H19N3/c1-9-13(6-15)12-4-10-7-16(2)8-11(10)5-14(12)17(9)3/h4-5H,6-8,15H2,1-3H3. The van der Waals surface area contributed by atoms with E-state index in [0.717, 1.165) is 13.1 Å². The Balaban J connectivity index is 2.32. The first-order chi connectivity index (χ1) is 8.11. The maximum absolute atomic E-state index is 5.88. The maximum atomic E-state index is 5.88. The predicted molar refractivity (Wildman–Crippen MR) is 70.7 cm³/mol. The molecule has 0 unspecified atom stereocenters. The number of hydrogen-bond donors (Lipinski definition) is 1. The Labute approximate surface area is 102 Å². The molecule has 0 spiro atoms. The van der Waals surface area contributed by atoms with Crippen LogP contribution in [0.2, 0.25) is 0 Å². The van der Waals surface area contributed by atoms with Crippen molar-refractivity contribution in [2.75, 3.05) is 7.05 Å². The Hall–Kier alpha value is -1.32. The molecule has 3 heteroatoms. The summed E-state index contributed by atoms with van der Waals surface area (Å²) in [7, 11) is 4.29. The Morgan fingerprint density at radius 3 is 2.47 bits per heavy atom. The van der Waals surface area contributed by atoms with Crippen molar-refractivity contribution >= 4 is 10.9 Å². The molecule has 0 bridgehead atoms. The van der Waals surface area contributed by atoms with E-state index in [1.807, 2.05) is 0 Å². The Morgan fingerprint density at radius 1 is 1.18 bits per heavy atom. The molecule has 1 aromatic carbocycles. The molecule has 2 aromatic rings. The lowest BCUT2D eigenvalue weighted by Gasteiger charge is -2.03. The van der Waals surface area contributed by atoms with Gasteiger partial charge in [0, 0.05) is 43.3 Å². The maximum Gasteiger partial charge on any atom is 0.0486 e. The van der Waals surface area contributed by atoms with Crippen molar-refractivity contribution in [1.29, 1.82) is 0 Å². The number of aromatic nitrogens is 1. The first kappa shape index (κ1) is 10.8. The molecule has 0 fully saturated rings. The Bertz CT molecular complexity index is 595. The van der Waals surface area contributed by atoms with Gasteiger partial charge in [-0.2, -0.15) is 0 Å². The Kier molecular flexibility index (Phi) is 2.28. The highest BCUT2D eigenvalue weighted by molar-refractivity contribution is 5.87. The molecule has 2 N–H and O–H groups in total. The van der Waals surface area contributed by atoms with E-state index in [-0.39, 0.29) is 0 Å². The van der Waals surface area contributed by atoms with E-state index < -0.39 is 0 Å². The lowest BCUT2D eigenvalue weighted by atomic mass is 10.0. The molecule has 0 amide bonds. The second-order valence-corrected chi connectivity index (χ2v) is 5.14. The summed E-state index contributed by atoms with van der Waals surface area (Å²) in [6, 6.07) is 4.67. The third kappa shape index (κ3) is 1.43. The van der Waals surface area contributed by atoms with Crippen molar-refractivity contribution in [3.63, 3.8) is 0 Å². The van der Waals surface area contributed by atoms with Gasteiger partial charge in [0.25, 0.3) is 0 Å². The molecule has 3 nitrogen and oxygen atoms in total. The second-order valence-electron chi connectivity index (χ2n) is 5.14. The highest BCUT2D eigenvalue weighted by Crippen LogP contribution is 2.31. The smallest absolute Gasteiger partial charge is 0.0486 e. The summed E-state index contributed by atoms with van der Waals surface area (Å²) >= 11 is 0. The zero-order valence-corrected chi connectivity index (χ0v) is 10.7. The number of benzene rings is 1. The van der Waals surface area contributed by atoms with Crippen LogP contribution in [-0.4, -0.2) is 16.5 Å². The van der Waals surface area contributed by atoms with Crippen molar-refractivity contribution in [3.05, 3.63) is 34.5 Å². The van der Waals surface area contributed by atoms with Crippen LogP contribution in [0.25, 0.3) is 10.9 Å². The summed E-state index contributed by atoms with van der Waals surface area (Å²) < 4.78 is 2.26. The molecular weight excluding hydrogens is 210 g/mol. The van der Waals surface area contributed by atoms with Gasteiger partial charge in [-0.1, -0.05) is 0 Å². The summed E-state index contributed by atoms with van der Waals surface area (Å²) in [5.41, 5.74) is 12.7. The van der Waals surface area contributed by atoms with E-state index in [1.54, 1.807) is 0 Å². The van der Waals surface area contributed by atoms with Gasteiger partial charge in [0.05, 0.1) is 0 Å². The molecule has 0 saturated carbocycles. The van der Waals surface area contributed by atoms with Gasteiger partial charge >= 0.3 is 0 Å². The lowest BCUT2D eigenvalue weighted by molar-refractivity contribution is 0.353. The monoisotopic (exact) mass is 229 g/mol. The molecule has 90 valence electrons. The van der Waals surface area contributed by atoms with Gasteiger partial charge < -0.3 is 10.3 Å². The van der Waals surface area contributed by atoms with Crippen LogP contribution in [0.3, 0.4) is 0 Å². The molecule has 1 aromatic heterocycles. The average molecular weight is 229 g/mol. The summed E-state index contributed by atoms with van der Waals surface area (Å²) in [6.45, 7) is 4.90. The highest BCUT2D eigenvalue weighted by atomic mass is 15.1. The van der Waals surface area contributed by atoms with Crippen molar-refractivity contribution in [1.82, 2.24) is 9.47 Å². The quantitative estimate of drug-likeness (QED) is 0.810. The lowest BCUT2D eigenvalue weighted by Crippen LogP contribution is -2.07. The van der Waals surface area contributed by atoms with Crippen LogP contribution in [0.15, 0.2) is 12.1 Å². The minimum atomic E-state index is 0.623. The zero-order valence-electron chi connectivity index (χ0n) is 10.7. The van der Waals surface area contributed by atoms with Gasteiger partial charge in [-0.15, -0.1) is 0 Å². The highest BCUT2D eigenvalue weighted by Gasteiger charge is 2.19. The fourth-order valence-electron chi connectivity index (χ4n) is 2.96. The first-order valence-corrected chi connectivity index (χ1v) is 6.10. The number of nitrogens with zero attached hydrogens (tertiary/aromatic N) is 2. The minimum Gasteiger partial charge on any atom is -0.348 e. The van der Waals surface area contributed by atoms with E-state index in [1.165, 1.54) is 33.3 Å². The summed E-state index contributed by atoms with van der Waals surface area (Å²) in [5.74, 6) is 0. The molecule has 1 aliphatic heterocycles. The van der Waals surface area contributed by atoms with E-state index in [0.29, 0.717) is 6.54 Å². The largest absolute Gasteiger partial charge is 0.348 e. The van der Waals surface area contributed by atoms with Gasteiger partial charge in [0.1, 0.15) is 0 Å². The SMILES string of the molecule is Cc1c(CN)c2cc3c(cc2n1C)CN(C)C3. The summed E-state index contributed by atoms with van der Waals surface area (Å²) in [4.78, 5) is 2.35. The number of nitrogens with two attached hydrogens (primary N) is 1. The average Bonchev–Trinajstić information content (AvgIpc) is 2.76. The third-order valence-electron chi connectivity index (χ3n) is 4.03. The molecule has 3 rings (SSSR count). The van der Waals surface area contributed by atoms with E-state index >= 15 is 0 Å². The molecule has 0 atom stereocenters. The van der Waals surface area contributed by atoms with Gasteiger partial charge in [-0.05, 0) is 42.8 Å². The predicted octanol–water partition coefficient (Wildman–Crippen LogP) is 1.89. The molecule has 1 aliphatic rings. The van der Waals surface area contributed by atoms with Crippen molar-refractivity contribution < 1.29 is 0 Å². The molecule has 0 aliphatic carbocycles. The van der Waals surface area contributed by atoms with Gasteiger partial charge in [-0.25, -0.2) is 0 Å².